The van der Waals surface area contributed by atoms with Crippen LogP contribution >= 0.6 is 0 Å². The Balaban J connectivity index is 2.22. The van der Waals surface area contributed by atoms with Gasteiger partial charge in [-0.3, -0.25) is 0 Å². The van der Waals surface area contributed by atoms with Crippen molar-refractivity contribution in [1.29, 1.82) is 0 Å². The number of aryl methyl sites for hydroxylation is 1. The number of hydrazine groups is 1. The maximum Gasteiger partial charge on any atom is 0.159 e. The van der Waals surface area contributed by atoms with Crippen molar-refractivity contribution in [3.63, 3.8) is 0 Å². The number of fused-ring (bicyclic) bond motifs is 1. The van der Waals surface area contributed by atoms with Gasteiger partial charge in [0.05, 0.1) is 11.7 Å². The van der Waals surface area contributed by atoms with Gasteiger partial charge in [0.15, 0.2) is 5.82 Å². The van der Waals surface area contributed by atoms with Crippen molar-refractivity contribution < 1.29 is 0 Å². The second-order valence-corrected chi connectivity index (χ2v) is 3.92. The molecule has 0 amide bonds. The van der Waals surface area contributed by atoms with Gasteiger partial charge >= 0.3 is 0 Å². The van der Waals surface area contributed by atoms with E-state index in [1.165, 1.54) is 0 Å². The molecule has 0 aliphatic rings. The summed E-state index contributed by atoms with van der Waals surface area (Å²) >= 11 is 0. The highest BCUT2D eigenvalue weighted by atomic mass is 15.3. The average molecular weight is 240 g/mol. The third-order valence-electron chi connectivity index (χ3n) is 2.67. The quantitative estimate of drug-likeness (QED) is 0.523. The molecule has 0 radical (unpaired) electrons. The molecule has 0 spiro atoms. The smallest absolute Gasteiger partial charge is 0.159 e. The summed E-state index contributed by atoms with van der Waals surface area (Å²) in [5, 5.41) is 5.41. The lowest BCUT2D eigenvalue weighted by Crippen LogP contribution is -2.11. The van der Waals surface area contributed by atoms with E-state index in [4.69, 9.17) is 5.84 Å². The number of benzene rings is 1. The first kappa shape index (κ1) is 10.7. The molecule has 0 aliphatic heterocycles. The first-order chi connectivity index (χ1) is 8.78. The Labute approximate surface area is 103 Å². The molecule has 2 aromatic heterocycles. The Hall–Kier alpha value is -2.47. The Morgan fingerprint density at radius 3 is 2.89 bits per heavy atom. The molecule has 18 heavy (non-hydrogen) atoms. The zero-order valence-corrected chi connectivity index (χ0v) is 9.83. The van der Waals surface area contributed by atoms with Crippen LogP contribution in [0.4, 0.5) is 5.82 Å². The summed E-state index contributed by atoms with van der Waals surface area (Å²) < 4.78 is 1.77. The predicted octanol–water partition coefficient (Wildman–Crippen LogP) is 1.41. The van der Waals surface area contributed by atoms with Gasteiger partial charge in [-0.1, -0.05) is 18.2 Å². The highest BCUT2D eigenvalue weighted by Crippen LogP contribution is 2.17. The van der Waals surface area contributed by atoms with Crippen LogP contribution in [0.1, 0.15) is 5.82 Å². The summed E-state index contributed by atoms with van der Waals surface area (Å²) in [4.78, 5) is 8.52. The highest BCUT2D eigenvalue weighted by Gasteiger charge is 2.07. The van der Waals surface area contributed by atoms with Crippen molar-refractivity contribution in [3.8, 4) is 5.82 Å². The molecular weight excluding hydrogens is 228 g/mol. The van der Waals surface area contributed by atoms with Crippen LogP contribution in [0.3, 0.4) is 0 Å². The second kappa shape index (κ2) is 4.08. The van der Waals surface area contributed by atoms with Gasteiger partial charge in [-0.2, -0.15) is 5.10 Å². The number of aromatic nitrogens is 4. The van der Waals surface area contributed by atoms with Crippen molar-refractivity contribution in [2.45, 2.75) is 6.92 Å². The summed E-state index contributed by atoms with van der Waals surface area (Å²) in [6, 6.07) is 9.71. The molecule has 0 saturated heterocycles. The molecule has 1 aromatic carbocycles. The largest absolute Gasteiger partial charge is 0.308 e. The predicted molar refractivity (Wildman–Crippen MR) is 69.2 cm³/mol. The Kier molecular flexibility index (Phi) is 2.42. The maximum atomic E-state index is 5.38. The molecule has 3 rings (SSSR count). The van der Waals surface area contributed by atoms with Crippen LogP contribution < -0.4 is 11.3 Å². The van der Waals surface area contributed by atoms with Crippen LogP contribution in [0.25, 0.3) is 16.7 Å². The lowest BCUT2D eigenvalue weighted by atomic mass is 10.2. The van der Waals surface area contributed by atoms with E-state index in [9.17, 15) is 0 Å². The van der Waals surface area contributed by atoms with Crippen molar-refractivity contribution in [3.05, 3.63) is 42.4 Å². The number of nitrogens with one attached hydrogen (secondary N) is 1. The van der Waals surface area contributed by atoms with Gasteiger partial charge < -0.3 is 5.43 Å². The first-order valence-corrected chi connectivity index (χ1v) is 5.53. The molecule has 6 nitrogen and oxygen atoms in total. The van der Waals surface area contributed by atoms with Crippen LogP contribution in [-0.2, 0) is 0 Å². The number of rotatable bonds is 2. The molecule has 0 fully saturated rings. The number of anilines is 1. The lowest BCUT2D eigenvalue weighted by Gasteiger charge is -2.06. The standard InChI is InChI=1S/C12H12N6/c1-8-15-11(17-13)6-12(16-8)18-10-5-3-2-4-9(10)7-14-18/h2-7H,13H2,1H3,(H,15,16,17). The Bertz CT molecular complexity index is 703. The van der Waals surface area contributed by atoms with E-state index in [0.717, 1.165) is 10.9 Å². The molecule has 90 valence electrons. The monoisotopic (exact) mass is 240 g/mol. The minimum Gasteiger partial charge on any atom is -0.308 e. The Morgan fingerprint density at radius 2 is 2.06 bits per heavy atom. The van der Waals surface area contributed by atoms with Crippen LogP contribution in [-0.4, -0.2) is 19.7 Å². The van der Waals surface area contributed by atoms with Crippen LogP contribution in [0, 0.1) is 6.92 Å². The molecule has 2 heterocycles. The summed E-state index contributed by atoms with van der Waals surface area (Å²) in [5.41, 5.74) is 3.52. The van der Waals surface area contributed by atoms with Gasteiger partial charge in [0.25, 0.3) is 0 Å². The van der Waals surface area contributed by atoms with E-state index in [-0.39, 0.29) is 0 Å². The number of nitrogen functional groups attached to an aromatic ring is 1. The normalized spacial score (nSPS) is 10.8. The average Bonchev–Trinajstić information content (AvgIpc) is 2.81. The van der Waals surface area contributed by atoms with Crippen molar-refractivity contribution in [2.24, 2.45) is 5.84 Å². The lowest BCUT2D eigenvalue weighted by molar-refractivity contribution is 0.852. The van der Waals surface area contributed by atoms with Crippen molar-refractivity contribution >= 4 is 16.7 Å². The van der Waals surface area contributed by atoms with Gasteiger partial charge in [-0.05, 0) is 13.0 Å². The molecule has 3 aromatic rings. The molecular formula is C12H12N6. The fraction of sp³-hybridized carbons (Fsp3) is 0.0833. The van der Waals surface area contributed by atoms with Crippen LogP contribution in [0.5, 0.6) is 0 Å². The maximum absolute atomic E-state index is 5.38. The fourth-order valence-corrected chi connectivity index (χ4v) is 1.89. The first-order valence-electron chi connectivity index (χ1n) is 5.53. The van der Waals surface area contributed by atoms with Crippen LogP contribution in [0.2, 0.25) is 0 Å². The number of nitrogens with zero attached hydrogens (tertiary/aromatic N) is 4. The minimum atomic E-state index is 0.567. The van der Waals surface area contributed by atoms with Gasteiger partial charge in [-0.25, -0.2) is 20.5 Å². The summed E-state index contributed by atoms with van der Waals surface area (Å²) in [6.07, 6.45) is 1.81. The van der Waals surface area contributed by atoms with Gasteiger partial charge in [0.2, 0.25) is 0 Å². The van der Waals surface area contributed by atoms with E-state index in [2.05, 4.69) is 20.5 Å². The summed E-state index contributed by atoms with van der Waals surface area (Å²) in [7, 11) is 0. The number of nitrogens with two attached hydrogens (primary N) is 1. The minimum absolute atomic E-state index is 0.567. The number of hydrogen-bond acceptors (Lipinski definition) is 5. The third-order valence-corrected chi connectivity index (χ3v) is 2.67. The second-order valence-electron chi connectivity index (χ2n) is 3.92. The third kappa shape index (κ3) is 1.68. The fourth-order valence-electron chi connectivity index (χ4n) is 1.89. The summed E-state index contributed by atoms with van der Waals surface area (Å²) in [5.74, 6) is 7.28. The molecule has 0 aliphatic carbocycles. The SMILES string of the molecule is Cc1nc(NN)cc(-n2ncc3ccccc32)n1. The van der Waals surface area contributed by atoms with Crippen molar-refractivity contribution in [2.75, 3.05) is 5.43 Å². The van der Waals surface area contributed by atoms with E-state index in [1.807, 2.05) is 37.4 Å². The molecule has 0 saturated carbocycles. The van der Waals surface area contributed by atoms with E-state index < -0.39 is 0 Å². The molecule has 6 heteroatoms. The van der Waals surface area contributed by atoms with Gasteiger partial charge in [0.1, 0.15) is 11.6 Å². The number of para-hydroxylation sites is 1. The summed E-state index contributed by atoms with van der Waals surface area (Å²) in [6.45, 7) is 1.82. The topological polar surface area (TPSA) is 81.6 Å². The molecule has 3 N–H and O–H groups in total. The van der Waals surface area contributed by atoms with Gasteiger partial charge in [0, 0.05) is 11.5 Å². The zero-order chi connectivity index (χ0) is 12.5. The van der Waals surface area contributed by atoms with Gasteiger partial charge in [-0.15, -0.1) is 0 Å². The van der Waals surface area contributed by atoms with Crippen LogP contribution in [0.15, 0.2) is 36.5 Å². The molecule has 0 atom stereocenters. The van der Waals surface area contributed by atoms with E-state index in [1.54, 1.807) is 10.7 Å². The highest BCUT2D eigenvalue weighted by molar-refractivity contribution is 5.79. The van der Waals surface area contributed by atoms with E-state index >= 15 is 0 Å². The molecule has 0 bridgehead atoms. The number of hydrogen-bond donors (Lipinski definition) is 2. The Morgan fingerprint density at radius 1 is 1.22 bits per heavy atom. The van der Waals surface area contributed by atoms with Crippen molar-refractivity contribution in [1.82, 2.24) is 19.7 Å². The van der Waals surface area contributed by atoms with E-state index in [0.29, 0.717) is 17.5 Å². The zero-order valence-electron chi connectivity index (χ0n) is 9.83. The molecule has 0 unspecified atom stereocenters.